The molecule has 2 unspecified atom stereocenters. The van der Waals surface area contributed by atoms with Crippen molar-refractivity contribution < 1.29 is 9.90 Å². The Bertz CT molecular complexity index is 552. The van der Waals surface area contributed by atoms with E-state index < -0.39 is 5.60 Å². The molecule has 0 bridgehead atoms. The lowest BCUT2D eigenvalue weighted by atomic mass is 9.53. The molecule has 4 fully saturated rings. The second-order valence-electron chi connectivity index (χ2n) is 10.2. The minimum Gasteiger partial charge on any atom is -0.389 e. The average Bonchev–Trinajstić information content (AvgIpc) is 2.99. The molecular formula is C20H32O2. The van der Waals surface area contributed by atoms with Gasteiger partial charge < -0.3 is 5.11 Å². The Labute approximate surface area is 135 Å². The molecule has 0 heterocycles. The zero-order valence-electron chi connectivity index (χ0n) is 15.0. The molecule has 1 spiro atoms. The van der Waals surface area contributed by atoms with Crippen molar-refractivity contribution in [3.05, 3.63) is 0 Å². The molecule has 0 aromatic heterocycles. The molecule has 2 nitrogen and oxygen atoms in total. The second-order valence-corrected chi connectivity index (χ2v) is 10.2. The van der Waals surface area contributed by atoms with Crippen LogP contribution in [0.5, 0.6) is 0 Å². The molecular weight excluding hydrogens is 272 g/mol. The van der Waals surface area contributed by atoms with E-state index in [1.165, 1.54) is 19.3 Å². The molecule has 1 N–H and O–H groups in total. The van der Waals surface area contributed by atoms with Gasteiger partial charge in [0.05, 0.1) is 5.60 Å². The smallest absolute Gasteiger partial charge is 0.138 e. The molecule has 0 amide bonds. The molecule has 124 valence electrons. The summed E-state index contributed by atoms with van der Waals surface area (Å²) in [5, 5.41) is 12.0. The zero-order valence-corrected chi connectivity index (χ0v) is 15.0. The van der Waals surface area contributed by atoms with Gasteiger partial charge in [0.1, 0.15) is 5.78 Å². The Morgan fingerprint density at radius 2 is 1.77 bits per heavy atom. The van der Waals surface area contributed by atoms with Crippen molar-refractivity contribution >= 4 is 5.78 Å². The fourth-order valence-corrected chi connectivity index (χ4v) is 8.95. The molecule has 0 aromatic rings. The zero-order chi connectivity index (χ0) is 16.2. The minimum atomic E-state index is -0.738. The highest BCUT2D eigenvalue weighted by Crippen LogP contribution is 2.88. The predicted octanol–water partition coefficient (Wildman–Crippen LogP) is 4.35. The van der Waals surface area contributed by atoms with Crippen molar-refractivity contribution in [1.82, 2.24) is 0 Å². The molecule has 22 heavy (non-hydrogen) atoms. The van der Waals surface area contributed by atoms with Crippen molar-refractivity contribution in [2.45, 2.75) is 85.2 Å². The first-order valence-electron chi connectivity index (χ1n) is 9.33. The number of carbonyl (C=O) groups is 1. The third-order valence-electron chi connectivity index (χ3n) is 8.91. The van der Waals surface area contributed by atoms with Crippen LogP contribution in [-0.4, -0.2) is 16.5 Å². The summed E-state index contributed by atoms with van der Waals surface area (Å²) in [5.41, 5.74) is -0.0968. The molecule has 0 aromatic carbocycles. The maximum atomic E-state index is 12.7. The monoisotopic (exact) mass is 304 g/mol. The van der Waals surface area contributed by atoms with Crippen LogP contribution in [0.25, 0.3) is 0 Å². The van der Waals surface area contributed by atoms with Crippen LogP contribution in [0.15, 0.2) is 0 Å². The summed E-state index contributed by atoms with van der Waals surface area (Å²) in [6.07, 6.45) is 7.12. The van der Waals surface area contributed by atoms with Crippen molar-refractivity contribution in [3.63, 3.8) is 0 Å². The van der Waals surface area contributed by atoms with E-state index in [0.29, 0.717) is 23.5 Å². The highest BCUT2D eigenvalue weighted by atomic mass is 16.3. The molecule has 4 saturated carbocycles. The molecule has 0 aliphatic heterocycles. The maximum Gasteiger partial charge on any atom is 0.138 e. The van der Waals surface area contributed by atoms with Crippen LogP contribution in [0.2, 0.25) is 0 Å². The first-order valence-corrected chi connectivity index (χ1v) is 9.33. The number of hydrogen-bond donors (Lipinski definition) is 1. The Morgan fingerprint density at radius 3 is 2.41 bits per heavy atom. The number of hydrogen-bond acceptors (Lipinski definition) is 2. The average molecular weight is 304 g/mol. The van der Waals surface area contributed by atoms with Gasteiger partial charge >= 0.3 is 0 Å². The van der Waals surface area contributed by atoms with E-state index in [9.17, 15) is 9.90 Å². The Hall–Kier alpha value is -0.370. The summed E-state index contributed by atoms with van der Waals surface area (Å²) in [4.78, 5) is 12.7. The summed E-state index contributed by atoms with van der Waals surface area (Å²) >= 11 is 0. The first kappa shape index (κ1) is 15.2. The largest absolute Gasteiger partial charge is 0.389 e. The fraction of sp³-hybridized carbons (Fsp3) is 0.950. The summed E-state index contributed by atoms with van der Waals surface area (Å²) in [7, 11) is 0. The Balaban J connectivity index is 1.96. The summed E-state index contributed by atoms with van der Waals surface area (Å²) in [6.45, 7) is 11.6. The van der Waals surface area contributed by atoms with Crippen LogP contribution >= 0.6 is 0 Å². The molecule has 4 aliphatic carbocycles. The summed E-state index contributed by atoms with van der Waals surface area (Å²) < 4.78 is 0. The van der Waals surface area contributed by atoms with Crippen LogP contribution in [0.4, 0.5) is 0 Å². The van der Waals surface area contributed by atoms with Gasteiger partial charge in [-0.3, -0.25) is 4.79 Å². The van der Waals surface area contributed by atoms with Crippen molar-refractivity contribution in [1.29, 1.82) is 0 Å². The molecule has 2 heteroatoms. The fourth-order valence-electron chi connectivity index (χ4n) is 8.95. The molecule has 0 radical (unpaired) electrons. The van der Waals surface area contributed by atoms with Crippen LogP contribution in [0, 0.1) is 33.5 Å². The number of aliphatic hydroxyl groups is 1. The maximum absolute atomic E-state index is 12.7. The lowest BCUT2D eigenvalue weighted by Gasteiger charge is -2.52. The van der Waals surface area contributed by atoms with Gasteiger partial charge in [-0.1, -0.05) is 34.6 Å². The highest BCUT2D eigenvalue weighted by molar-refractivity contribution is 5.83. The minimum absolute atomic E-state index is 0.0218. The van der Waals surface area contributed by atoms with Gasteiger partial charge in [-0.15, -0.1) is 0 Å². The van der Waals surface area contributed by atoms with Gasteiger partial charge in [0.25, 0.3) is 0 Å². The molecule has 4 aliphatic rings. The Kier molecular flexibility index (Phi) is 2.63. The van der Waals surface area contributed by atoms with Gasteiger partial charge in [0.2, 0.25) is 0 Å². The summed E-state index contributed by atoms with van der Waals surface area (Å²) in [6, 6.07) is 0. The van der Waals surface area contributed by atoms with Crippen molar-refractivity contribution in [2.24, 2.45) is 33.5 Å². The predicted molar refractivity (Wildman–Crippen MR) is 87.4 cm³/mol. The standard InChI is InChI=1S/C20H32O2/c1-6-14(21)13-11-17(4)8-7-15-16(2,3)12-18(5)9-10-19(13,22)20(15,17)18/h13,15,22H,6-12H2,1-5H3/t13?,15-,17-,18-,19-,20?/m0/s1. The second kappa shape index (κ2) is 3.82. The molecule has 4 rings (SSSR count). The van der Waals surface area contributed by atoms with Gasteiger partial charge in [-0.25, -0.2) is 0 Å². The van der Waals surface area contributed by atoms with Gasteiger partial charge in [0.15, 0.2) is 0 Å². The van der Waals surface area contributed by atoms with Gasteiger partial charge in [0, 0.05) is 17.8 Å². The Morgan fingerprint density at radius 1 is 1.09 bits per heavy atom. The lowest BCUT2D eigenvalue weighted by Crippen LogP contribution is -2.55. The van der Waals surface area contributed by atoms with Crippen LogP contribution in [0.3, 0.4) is 0 Å². The lowest BCUT2D eigenvalue weighted by molar-refractivity contribution is -0.153. The van der Waals surface area contributed by atoms with E-state index in [0.717, 1.165) is 19.3 Å². The van der Waals surface area contributed by atoms with Crippen molar-refractivity contribution in [3.8, 4) is 0 Å². The quantitative estimate of drug-likeness (QED) is 0.823. The van der Waals surface area contributed by atoms with Gasteiger partial charge in [-0.2, -0.15) is 0 Å². The number of rotatable bonds is 2. The number of ketones is 1. The van der Waals surface area contributed by atoms with E-state index in [1.807, 2.05) is 6.92 Å². The summed E-state index contributed by atoms with van der Waals surface area (Å²) in [5.74, 6) is 0.776. The third kappa shape index (κ3) is 1.22. The molecule has 6 atom stereocenters. The topological polar surface area (TPSA) is 37.3 Å². The van der Waals surface area contributed by atoms with E-state index in [2.05, 4.69) is 27.7 Å². The van der Waals surface area contributed by atoms with Crippen molar-refractivity contribution in [2.75, 3.05) is 0 Å². The van der Waals surface area contributed by atoms with E-state index >= 15 is 0 Å². The normalized spacial score (nSPS) is 57.9. The third-order valence-corrected chi connectivity index (χ3v) is 8.91. The van der Waals surface area contributed by atoms with Crippen LogP contribution in [-0.2, 0) is 4.79 Å². The van der Waals surface area contributed by atoms with E-state index in [-0.39, 0.29) is 22.2 Å². The number of Topliss-reactive ketones (excluding diaryl/α,β-unsaturated/α-hetero) is 1. The molecule has 0 saturated heterocycles. The highest BCUT2D eigenvalue weighted by Gasteiger charge is 2.86. The first-order chi connectivity index (χ1) is 10.1. The van der Waals surface area contributed by atoms with E-state index in [4.69, 9.17) is 0 Å². The number of carbonyl (C=O) groups excluding carboxylic acids is 1. The van der Waals surface area contributed by atoms with Crippen LogP contribution in [0.1, 0.15) is 79.6 Å². The van der Waals surface area contributed by atoms with E-state index in [1.54, 1.807) is 0 Å². The SMILES string of the molecule is CCC(=O)C1C[C@]2(C)CC[C@H]3C(C)(C)C[C@]4(C)CC[C@@]1(O)C324. The van der Waals surface area contributed by atoms with Crippen LogP contribution < -0.4 is 0 Å². The van der Waals surface area contributed by atoms with Gasteiger partial charge in [-0.05, 0) is 60.7 Å².